The zero-order chi connectivity index (χ0) is 11.8. The molecule has 17 heavy (non-hydrogen) atoms. The van der Waals surface area contributed by atoms with Crippen LogP contribution in [0.5, 0.6) is 0 Å². The predicted molar refractivity (Wildman–Crippen MR) is 63.5 cm³/mol. The second kappa shape index (κ2) is 4.00. The van der Waals surface area contributed by atoms with Crippen LogP contribution < -0.4 is 0 Å². The minimum absolute atomic E-state index is 0.316. The molecule has 2 aromatic heterocycles. The summed E-state index contributed by atoms with van der Waals surface area (Å²) in [7, 11) is 1.97. The van der Waals surface area contributed by atoms with E-state index in [1.165, 1.54) is 0 Å². The molecule has 1 aliphatic rings. The topological polar surface area (TPSA) is 44.9 Å². The van der Waals surface area contributed by atoms with E-state index in [1.807, 2.05) is 35.7 Å². The van der Waals surface area contributed by atoms with Gasteiger partial charge in [-0.15, -0.1) is 0 Å². The smallest absolute Gasteiger partial charge is 0.106 e. The van der Waals surface area contributed by atoms with Crippen LogP contribution in [-0.2, 0) is 18.3 Å². The van der Waals surface area contributed by atoms with Crippen LogP contribution in [0.1, 0.15) is 12.1 Å². The highest BCUT2D eigenvalue weighted by atomic mass is 16.5. The third kappa shape index (κ3) is 1.98. The fourth-order valence-corrected chi connectivity index (χ4v) is 2.06. The Balaban J connectivity index is 1.91. The number of hydrogen-bond donors (Lipinski definition) is 0. The standard InChI is InChI=1S/C12H16N4O/c1-9-5-12(11-7-15(2)8-13-11)16(14-9)6-10-3-4-17-10/h5,7-8,10H,3-4,6H2,1-2H3/t10-/m1/s1. The quantitative estimate of drug-likeness (QED) is 0.803. The summed E-state index contributed by atoms with van der Waals surface area (Å²) in [5.41, 5.74) is 3.05. The number of aryl methyl sites for hydroxylation is 2. The maximum Gasteiger partial charge on any atom is 0.106 e. The summed E-state index contributed by atoms with van der Waals surface area (Å²) < 4.78 is 9.40. The molecule has 1 saturated heterocycles. The van der Waals surface area contributed by atoms with Crippen molar-refractivity contribution in [2.45, 2.75) is 26.0 Å². The molecule has 1 atom stereocenters. The van der Waals surface area contributed by atoms with Gasteiger partial charge >= 0.3 is 0 Å². The molecule has 2 aromatic rings. The highest BCUT2D eigenvalue weighted by Gasteiger charge is 2.21. The Kier molecular flexibility index (Phi) is 2.48. The van der Waals surface area contributed by atoms with E-state index in [2.05, 4.69) is 16.1 Å². The third-order valence-corrected chi connectivity index (χ3v) is 3.04. The molecule has 5 heteroatoms. The van der Waals surface area contributed by atoms with Crippen molar-refractivity contribution < 1.29 is 4.74 Å². The van der Waals surface area contributed by atoms with E-state index in [1.54, 1.807) is 0 Å². The molecule has 1 aliphatic heterocycles. The molecule has 90 valence electrons. The van der Waals surface area contributed by atoms with Crippen molar-refractivity contribution in [1.82, 2.24) is 19.3 Å². The number of rotatable bonds is 3. The second-order valence-electron chi connectivity index (χ2n) is 4.56. The van der Waals surface area contributed by atoms with Crippen LogP contribution in [0, 0.1) is 6.92 Å². The zero-order valence-corrected chi connectivity index (χ0v) is 10.1. The molecule has 0 aromatic carbocycles. The van der Waals surface area contributed by atoms with Crippen LogP contribution in [0.4, 0.5) is 0 Å². The Morgan fingerprint density at radius 1 is 1.53 bits per heavy atom. The van der Waals surface area contributed by atoms with Crippen molar-refractivity contribution in [3.63, 3.8) is 0 Å². The molecule has 0 spiro atoms. The zero-order valence-electron chi connectivity index (χ0n) is 10.1. The molecule has 0 saturated carbocycles. The molecule has 1 fully saturated rings. The van der Waals surface area contributed by atoms with E-state index in [4.69, 9.17) is 4.74 Å². The first kappa shape index (κ1) is 10.5. The molecular weight excluding hydrogens is 216 g/mol. The van der Waals surface area contributed by atoms with E-state index < -0.39 is 0 Å². The molecule has 3 rings (SSSR count). The lowest BCUT2D eigenvalue weighted by molar-refractivity contribution is -0.0606. The average Bonchev–Trinajstić information content (AvgIpc) is 2.78. The van der Waals surface area contributed by atoms with Crippen LogP contribution in [-0.4, -0.2) is 32.0 Å². The number of ether oxygens (including phenoxy) is 1. The van der Waals surface area contributed by atoms with Crippen molar-refractivity contribution in [3.05, 3.63) is 24.3 Å². The van der Waals surface area contributed by atoms with E-state index in [9.17, 15) is 0 Å². The maximum atomic E-state index is 5.45. The number of imidazole rings is 1. The molecule has 0 radical (unpaired) electrons. The lowest BCUT2D eigenvalue weighted by Crippen LogP contribution is -2.31. The summed E-state index contributed by atoms with van der Waals surface area (Å²) in [6.45, 7) is 3.70. The van der Waals surface area contributed by atoms with Crippen LogP contribution >= 0.6 is 0 Å². The van der Waals surface area contributed by atoms with Gasteiger partial charge in [0.05, 0.1) is 30.4 Å². The fourth-order valence-electron chi connectivity index (χ4n) is 2.06. The Hall–Kier alpha value is -1.62. The summed E-state index contributed by atoms with van der Waals surface area (Å²) in [6, 6.07) is 2.07. The highest BCUT2D eigenvalue weighted by molar-refractivity contribution is 5.54. The van der Waals surface area contributed by atoms with Gasteiger partial charge < -0.3 is 9.30 Å². The normalized spacial score (nSPS) is 19.3. The van der Waals surface area contributed by atoms with E-state index >= 15 is 0 Å². The molecule has 3 heterocycles. The first-order valence-corrected chi connectivity index (χ1v) is 5.87. The predicted octanol–water partition coefficient (Wildman–Crippen LogP) is 1.38. The van der Waals surface area contributed by atoms with Gasteiger partial charge in [-0.05, 0) is 19.4 Å². The minimum atomic E-state index is 0.316. The van der Waals surface area contributed by atoms with Gasteiger partial charge in [-0.3, -0.25) is 4.68 Å². The Labute approximate surface area is 100 Å². The fraction of sp³-hybridized carbons (Fsp3) is 0.500. The van der Waals surface area contributed by atoms with E-state index in [0.29, 0.717) is 6.10 Å². The number of aromatic nitrogens is 4. The molecule has 0 unspecified atom stereocenters. The first-order chi connectivity index (χ1) is 8.22. The summed E-state index contributed by atoms with van der Waals surface area (Å²) >= 11 is 0. The van der Waals surface area contributed by atoms with Crippen molar-refractivity contribution in [1.29, 1.82) is 0 Å². The monoisotopic (exact) mass is 232 g/mol. The van der Waals surface area contributed by atoms with Crippen LogP contribution in [0.2, 0.25) is 0 Å². The second-order valence-corrected chi connectivity index (χ2v) is 4.56. The molecule has 5 nitrogen and oxygen atoms in total. The first-order valence-electron chi connectivity index (χ1n) is 5.87. The van der Waals surface area contributed by atoms with Crippen molar-refractivity contribution >= 4 is 0 Å². The lowest BCUT2D eigenvalue weighted by atomic mass is 10.2. The van der Waals surface area contributed by atoms with E-state index in [0.717, 1.165) is 36.7 Å². The molecule has 0 aliphatic carbocycles. The molecule has 0 amide bonds. The highest BCUT2D eigenvalue weighted by Crippen LogP contribution is 2.21. The third-order valence-electron chi connectivity index (χ3n) is 3.04. The lowest BCUT2D eigenvalue weighted by Gasteiger charge is -2.26. The Bertz CT molecular complexity index is 524. The molecule has 0 N–H and O–H groups in total. The number of hydrogen-bond acceptors (Lipinski definition) is 3. The molecule has 0 bridgehead atoms. The van der Waals surface area contributed by atoms with Crippen molar-refractivity contribution in [2.75, 3.05) is 6.61 Å². The van der Waals surface area contributed by atoms with Crippen molar-refractivity contribution in [2.24, 2.45) is 7.05 Å². The van der Waals surface area contributed by atoms with Gasteiger partial charge in [-0.2, -0.15) is 5.10 Å². The van der Waals surface area contributed by atoms with Crippen LogP contribution in [0.15, 0.2) is 18.6 Å². The van der Waals surface area contributed by atoms with Gasteiger partial charge in [0.2, 0.25) is 0 Å². The summed E-state index contributed by atoms with van der Waals surface area (Å²) in [5, 5.41) is 4.51. The summed E-state index contributed by atoms with van der Waals surface area (Å²) in [5.74, 6) is 0. The Morgan fingerprint density at radius 2 is 2.35 bits per heavy atom. The minimum Gasteiger partial charge on any atom is -0.376 e. The molecular formula is C12H16N4O. The van der Waals surface area contributed by atoms with Gasteiger partial charge in [0.1, 0.15) is 5.69 Å². The van der Waals surface area contributed by atoms with Crippen LogP contribution in [0.25, 0.3) is 11.4 Å². The Morgan fingerprint density at radius 3 is 2.94 bits per heavy atom. The van der Waals surface area contributed by atoms with Crippen molar-refractivity contribution in [3.8, 4) is 11.4 Å². The van der Waals surface area contributed by atoms with E-state index in [-0.39, 0.29) is 0 Å². The SMILES string of the molecule is Cc1cc(-c2cn(C)cn2)n(C[C@H]2CCO2)n1. The van der Waals surface area contributed by atoms with Gasteiger partial charge in [-0.1, -0.05) is 0 Å². The number of nitrogens with zero attached hydrogens (tertiary/aromatic N) is 4. The van der Waals surface area contributed by atoms with Gasteiger partial charge in [-0.25, -0.2) is 4.98 Å². The van der Waals surface area contributed by atoms with Gasteiger partial charge in [0.25, 0.3) is 0 Å². The van der Waals surface area contributed by atoms with Gasteiger partial charge in [0.15, 0.2) is 0 Å². The van der Waals surface area contributed by atoms with Crippen LogP contribution in [0.3, 0.4) is 0 Å². The largest absolute Gasteiger partial charge is 0.376 e. The average molecular weight is 232 g/mol. The summed E-state index contributed by atoms with van der Waals surface area (Å²) in [4.78, 5) is 4.37. The maximum absolute atomic E-state index is 5.45. The summed E-state index contributed by atoms with van der Waals surface area (Å²) in [6.07, 6.45) is 5.26. The van der Waals surface area contributed by atoms with Gasteiger partial charge in [0, 0.05) is 19.9 Å².